The number of carbonyl (C=O) groups excluding carboxylic acids is 1. The van der Waals surface area contributed by atoms with Crippen molar-refractivity contribution in [3.8, 4) is 17.1 Å². The maximum absolute atomic E-state index is 11.3. The average molecular weight is 362 g/mol. The summed E-state index contributed by atoms with van der Waals surface area (Å²) < 4.78 is 5.89. The molecule has 0 aliphatic heterocycles. The van der Waals surface area contributed by atoms with E-state index >= 15 is 0 Å². The van der Waals surface area contributed by atoms with Gasteiger partial charge in [0, 0.05) is 22.7 Å². The Morgan fingerprint density at radius 2 is 2.04 bits per heavy atom. The number of nitrogens with one attached hydrogen (secondary N) is 3. The van der Waals surface area contributed by atoms with Gasteiger partial charge in [-0.2, -0.15) is 5.10 Å². The highest BCUT2D eigenvalue weighted by molar-refractivity contribution is 5.97. The van der Waals surface area contributed by atoms with Crippen molar-refractivity contribution in [3.05, 3.63) is 48.0 Å². The molecule has 2 aromatic heterocycles. The van der Waals surface area contributed by atoms with Crippen molar-refractivity contribution in [2.24, 2.45) is 0 Å². The van der Waals surface area contributed by atoms with E-state index in [0.29, 0.717) is 19.6 Å². The first-order valence-electron chi connectivity index (χ1n) is 9.12. The van der Waals surface area contributed by atoms with Gasteiger partial charge in [-0.15, -0.1) is 0 Å². The molecule has 0 fully saturated rings. The monoisotopic (exact) mass is 362 g/mol. The Hall–Kier alpha value is -3.28. The fourth-order valence-electron chi connectivity index (χ4n) is 3.20. The van der Waals surface area contributed by atoms with E-state index in [4.69, 9.17) is 4.74 Å². The van der Waals surface area contributed by atoms with Crippen LogP contribution in [0.1, 0.15) is 18.9 Å². The van der Waals surface area contributed by atoms with Crippen molar-refractivity contribution in [2.45, 2.75) is 20.3 Å². The summed E-state index contributed by atoms with van der Waals surface area (Å²) >= 11 is 0. The van der Waals surface area contributed by atoms with E-state index in [1.165, 1.54) is 5.56 Å². The van der Waals surface area contributed by atoms with Crippen LogP contribution in [0.25, 0.3) is 33.2 Å². The minimum absolute atomic E-state index is 0.0291. The average Bonchev–Trinajstić information content (AvgIpc) is 3.28. The minimum Gasteiger partial charge on any atom is -0.491 e. The number of rotatable bonds is 6. The fraction of sp³-hybridized carbons (Fsp3) is 0.238. The zero-order chi connectivity index (χ0) is 18.8. The van der Waals surface area contributed by atoms with Crippen LogP contribution < -0.4 is 10.1 Å². The highest BCUT2D eigenvalue weighted by Crippen LogP contribution is 2.32. The Balaban J connectivity index is 1.61. The second kappa shape index (κ2) is 7.15. The molecule has 138 valence electrons. The zero-order valence-electron chi connectivity index (χ0n) is 15.4. The van der Waals surface area contributed by atoms with Gasteiger partial charge in [-0.3, -0.25) is 9.89 Å². The summed E-state index contributed by atoms with van der Waals surface area (Å²) in [6, 6.07) is 14.2. The molecule has 0 bridgehead atoms. The van der Waals surface area contributed by atoms with Crippen LogP contribution >= 0.6 is 0 Å². The zero-order valence-corrected chi connectivity index (χ0v) is 15.4. The van der Waals surface area contributed by atoms with Gasteiger partial charge in [-0.1, -0.05) is 25.1 Å². The predicted molar refractivity (Wildman–Crippen MR) is 107 cm³/mol. The SMILES string of the molecule is CCC(=O)NCCOc1cccc2[nH]c(-c3n[nH]c4cc(C)ccc34)cc12. The Kier molecular flexibility index (Phi) is 4.54. The van der Waals surface area contributed by atoms with Crippen molar-refractivity contribution in [2.75, 3.05) is 13.2 Å². The number of aryl methyl sites for hydroxylation is 1. The molecule has 27 heavy (non-hydrogen) atoms. The minimum atomic E-state index is 0.0291. The van der Waals surface area contributed by atoms with Gasteiger partial charge >= 0.3 is 0 Å². The normalized spacial score (nSPS) is 11.2. The molecule has 0 saturated carbocycles. The number of aromatic nitrogens is 3. The molecule has 2 heterocycles. The van der Waals surface area contributed by atoms with Crippen LogP contribution in [0.4, 0.5) is 0 Å². The standard InChI is InChI=1S/C21H22N4O2/c1-3-20(26)22-9-10-27-19-6-4-5-16-15(19)12-18(23-16)21-14-8-7-13(2)11-17(14)24-25-21/h4-8,11-12,23H,3,9-10H2,1-2H3,(H,22,26)(H,24,25). The number of carbonyl (C=O) groups is 1. The van der Waals surface area contributed by atoms with Crippen LogP contribution in [0.5, 0.6) is 5.75 Å². The topological polar surface area (TPSA) is 82.8 Å². The van der Waals surface area contributed by atoms with E-state index in [9.17, 15) is 4.79 Å². The van der Waals surface area contributed by atoms with Gasteiger partial charge in [0.25, 0.3) is 0 Å². The number of hydrogen-bond acceptors (Lipinski definition) is 3. The summed E-state index contributed by atoms with van der Waals surface area (Å²) in [5, 5.41) is 12.5. The molecule has 4 aromatic rings. The predicted octanol–water partition coefficient (Wildman–Crippen LogP) is 3.92. The molecule has 0 spiro atoms. The van der Waals surface area contributed by atoms with Crippen molar-refractivity contribution < 1.29 is 9.53 Å². The number of fused-ring (bicyclic) bond motifs is 2. The summed E-state index contributed by atoms with van der Waals surface area (Å²) in [7, 11) is 0. The summed E-state index contributed by atoms with van der Waals surface area (Å²) in [4.78, 5) is 14.7. The molecule has 0 unspecified atom stereocenters. The second-order valence-electron chi connectivity index (χ2n) is 6.57. The summed E-state index contributed by atoms with van der Waals surface area (Å²) in [5.74, 6) is 0.817. The molecule has 0 aliphatic carbocycles. The quantitative estimate of drug-likeness (QED) is 0.455. The molecular weight excluding hydrogens is 340 g/mol. The van der Waals surface area contributed by atoms with Crippen molar-refractivity contribution in [1.29, 1.82) is 0 Å². The Morgan fingerprint density at radius 3 is 2.89 bits per heavy atom. The molecule has 0 atom stereocenters. The molecule has 4 rings (SSSR count). The van der Waals surface area contributed by atoms with Crippen LogP contribution in [0.15, 0.2) is 42.5 Å². The Bertz CT molecular complexity index is 1110. The van der Waals surface area contributed by atoms with Crippen molar-refractivity contribution in [3.63, 3.8) is 0 Å². The first-order chi connectivity index (χ1) is 13.2. The summed E-state index contributed by atoms with van der Waals surface area (Å²) in [6.07, 6.45) is 0.480. The largest absolute Gasteiger partial charge is 0.491 e. The number of amides is 1. The lowest BCUT2D eigenvalue weighted by Gasteiger charge is -2.08. The number of hydrogen-bond donors (Lipinski definition) is 3. The second-order valence-corrected chi connectivity index (χ2v) is 6.57. The van der Waals surface area contributed by atoms with Gasteiger partial charge in [0.15, 0.2) is 0 Å². The first-order valence-corrected chi connectivity index (χ1v) is 9.12. The molecule has 3 N–H and O–H groups in total. The van der Waals surface area contributed by atoms with E-state index in [-0.39, 0.29) is 5.91 Å². The van der Waals surface area contributed by atoms with Crippen LogP contribution in [-0.2, 0) is 4.79 Å². The van der Waals surface area contributed by atoms with Crippen LogP contribution in [0.3, 0.4) is 0 Å². The van der Waals surface area contributed by atoms with Gasteiger partial charge < -0.3 is 15.0 Å². The molecule has 2 aromatic carbocycles. The van der Waals surface area contributed by atoms with Crippen molar-refractivity contribution in [1.82, 2.24) is 20.5 Å². The summed E-state index contributed by atoms with van der Waals surface area (Å²) in [5.41, 5.74) is 5.04. The van der Waals surface area contributed by atoms with Crippen LogP contribution in [0, 0.1) is 6.92 Å². The lowest BCUT2D eigenvalue weighted by molar-refractivity contribution is -0.120. The highest BCUT2D eigenvalue weighted by Gasteiger charge is 2.13. The lowest BCUT2D eigenvalue weighted by atomic mass is 10.1. The van der Waals surface area contributed by atoms with Crippen molar-refractivity contribution >= 4 is 27.7 Å². The Morgan fingerprint density at radius 1 is 1.15 bits per heavy atom. The molecular formula is C21H22N4O2. The van der Waals surface area contributed by atoms with Gasteiger partial charge in [-0.05, 0) is 36.8 Å². The maximum atomic E-state index is 11.3. The van der Waals surface area contributed by atoms with Gasteiger partial charge in [0.2, 0.25) is 5.91 Å². The number of benzene rings is 2. The molecule has 1 amide bonds. The van der Waals surface area contributed by atoms with E-state index in [2.05, 4.69) is 51.7 Å². The number of ether oxygens (including phenoxy) is 1. The van der Waals surface area contributed by atoms with Gasteiger partial charge in [0.1, 0.15) is 18.1 Å². The summed E-state index contributed by atoms with van der Waals surface area (Å²) in [6.45, 7) is 4.81. The Labute approximate surface area is 156 Å². The fourth-order valence-corrected chi connectivity index (χ4v) is 3.20. The van der Waals surface area contributed by atoms with Gasteiger partial charge in [-0.25, -0.2) is 0 Å². The number of aromatic amines is 2. The lowest BCUT2D eigenvalue weighted by Crippen LogP contribution is -2.27. The number of nitrogens with zero attached hydrogens (tertiary/aromatic N) is 1. The smallest absolute Gasteiger partial charge is 0.219 e. The van der Waals surface area contributed by atoms with E-state index < -0.39 is 0 Å². The van der Waals surface area contributed by atoms with Crippen LogP contribution in [0.2, 0.25) is 0 Å². The molecule has 0 saturated heterocycles. The third-order valence-electron chi connectivity index (χ3n) is 4.60. The van der Waals surface area contributed by atoms with Gasteiger partial charge in [0.05, 0.1) is 17.8 Å². The molecule has 6 nitrogen and oxygen atoms in total. The number of H-pyrrole nitrogens is 2. The van der Waals surface area contributed by atoms with E-state index in [0.717, 1.165) is 38.9 Å². The molecule has 6 heteroatoms. The molecule has 0 radical (unpaired) electrons. The third kappa shape index (κ3) is 3.38. The van der Waals surface area contributed by atoms with E-state index in [1.807, 2.05) is 25.1 Å². The van der Waals surface area contributed by atoms with E-state index in [1.54, 1.807) is 0 Å². The first kappa shape index (κ1) is 17.1. The molecule has 0 aliphatic rings. The maximum Gasteiger partial charge on any atom is 0.219 e. The highest BCUT2D eigenvalue weighted by atomic mass is 16.5. The van der Waals surface area contributed by atoms with Crippen LogP contribution in [-0.4, -0.2) is 34.2 Å². The third-order valence-corrected chi connectivity index (χ3v) is 4.60.